The first-order valence-corrected chi connectivity index (χ1v) is 7.94. The van der Waals surface area contributed by atoms with Crippen LogP contribution in [-0.4, -0.2) is 10.7 Å². The van der Waals surface area contributed by atoms with Gasteiger partial charge in [-0.1, -0.05) is 63.4 Å². The third-order valence-corrected chi connectivity index (χ3v) is 5.15. The molecule has 1 aliphatic rings. The molecule has 1 unspecified atom stereocenters. The molecule has 1 heteroatoms. The predicted molar refractivity (Wildman–Crippen MR) is 81.1 cm³/mol. The smallest absolute Gasteiger partial charge is 0.0713 e. The second-order valence-electron chi connectivity index (χ2n) is 6.25. The molecule has 0 amide bonds. The minimum Gasteiger partial charge on any atom is -0.389 e. The summed E-state index contributed by atoms with van der Waals surface area (Å²) in [5.74, 6) is 1.38. The summed E-state index contributed by atoms with van der Waals surface area (Å²) in [6.45, 7) is 4.43. The van der Waals surface area contributed by atoms with E-state index in [4.69, 9.17) is 0 Å². The summed E-state index contributed by atoms with van der Waals surface area (Å²) in [6.07, 6.45) is 7.99. The Balaban J connectivity index is 2.02. The van der Waals surface area contributed by atoms with E-state index in [2.05, 4.69) is 38.1 Å². The average molecular weight is 260 g/mol. The van der Waals surface area contributed by atoms with Gasteiger partial charge in [0.05, 0.1) is 5.60 Å². The van der Waals surface area contributed by atoms with Crippen molar-refractivity contribution in [1.82, 2.24) is 0 Å². The summed E-state index contributed by atoms with van der Waals surface area (Å²) in [7, 11) is 0. The number of hydrogen-bond donors (Lipinski definition) is 1. The van der Waals surface area contributed by atoms with Crippen molar-refractivity contribution in [3.63, 3.8) is 0 Å². The monoisotopic (exact) mass is 260 g/mol. The van der Waals surface area contributed by atoms with Gasteiger partial charge in [-0.15, -0.1) is 0 Å². The summed E-state index contributed by atoms with van der Waals surface area (Å²) in [5, 5.41) is 11.1. The standard InChI is InChI=1S/C18H28O/c1-3-15-10-12-17(13-11-15)18(19,4-2)14-16-8-6-5-7-9-16/h5-9,15,17,19H,3-4,10-14H2,1-2H3. The highest BCUT2D eigenvalue weighted by Crippen LogP contribution is 2.39. The minimum atomic E-state index is -0.500. The maximum Gasteiger partial charge on any atom is 0.0713 e. The number of aliphatic hydroxyl groups is 1. The van der Waals surface area contributed by atoms with Crippen LogP contribution in [0.15, 0.2) is 30.3 Å². The average Bonchev–Trinajstić information content (AvgIpc) is 2.48. The van der Waals surface area contributed by atoms with Crippen LogP contribution >= 0.6 is 0 Å². The molecule has 106 valence electrons. The second kappa shape index (κ2) is 6.56. The molecule has 0 aliphatic heterocycles. The first kappa shape index (κ1) is 14.6. The summed E-state index contributed by atoms with van der Waals surface area (Å²) in [4.78, 5) is 0. The van der Waals surface area contributed by atoms with Crippen molar-refractivity contribution in [3.8, 4) is 0 Å². The zero-order valence-corrected chi connectivity index (χ0v) is 12.4. The SMILES string of the molecule is CCC1CCC(C(O)(CC)Cc2ccccc2)CC1. The van der Waals surface area contributed by atoms with Crippen LogP contribution in [0.2, 0.25) is 0 Å². The number of benzene rings is 1. The van der Waals surface area contributed by atoms with Gasteiger partial charge in [-0.3, -0.25) is 0 Å². The fourth-order valence-electron chi connectivity index (χ4n) is 3.62. The molecule has 1 nitrogen and oxygen atoms in total. The summed E-state index contributed by atoms with van der Waals surface area (Å²) in [5.41, 5.74) is 0.768. The molecule has 0 heterocycles. The fourth-order valence-corrected chi connectivity index (χ4v) is 3.62. The molecule has 0 bridgehead atoms. The van der Waals surface area contributed by atoms with Gasteiger partial charge >= 0.3 is 0 Å². The lowest BCUT2D eigenvalue weighted by molar-refractivity contribution is -0.0413. The molecule has 1 saturated carbocycles. The van der Waals surface area contributed by atoms with Crippen molar-refractivity contribution < 1.29 is 5.11 Å². The van der Waals surface area contributed by atoms with Crippen molar-refractivity contribution in [1.29, 1.82) is 0 Å². The van der Waals surface area contributed by atoms with Crippen LogP contribution in [-0.2, 0) is 6.42 Å². The Morgan fingerprint density at radius 3 is 2.21 bits per heavy atom. The molecule has 1 aliphatic carbocycles. The van der Waals surface area contributed by atoms with Gasteiger partial charge in [-0.05, 0) is 36.7 Å². The van der Waals surface area contributed by atoms with Gasteiger partial charge in [0.2, 0.25) is 0 Å². The van der Waals surface area contributed by atoms with Crippen molar-refractivity contribution >= 4 is 0 Å². The van der Waals surface area contributed by atoms with Crippen LogP contribution in [0.3, 0.4) is 0 Å². The van der Waals surface area contributed by atoms with Crippen LogP contribution < -0.4 is 0 Å². The Bertz CT molecular complexity index is 365. The largest absolute Gasteiger partial charge is 0.389 e. The first-order chi connectivity index (χ1) is 9.18. The zero-order chi connectivity index (χ0) is 13.7. The highest BCUT2D eigenvalue weighted by atomic mass is 16.3. The van der Waals surface area contributed by atoms with E-state index in [1.165, 1.54) is 37.7 Å². The van der Waals surface area contributed by atoms with Crippen molar-refractivity contribution in [3.05, 3.63) is 35.9 Å². The molecule has 0 spiro atoms. The number of rotatable bonds is 5. The topological polar surface area (TPSA) is 20.2 Å². The van der Waals surface area contributed by atoms with Crippen LogP contribution in [0.4, 0.5) is 0 Å². The molecular formula is C18H28O. The van der Waals surface area contributed by atoms with E-state index in [-0.39, 0.29) is 0 Å². The Kier molecular flexibility index (Phi) is 5.04. The minimum absolute atomic E-state index is 0.487. The van der Waals surface area contributed by atoms with Crippen molar-refractivity contribution in [2.75, 3.05) is 0 Å². The molecule has 1 fully saturated rings. The first-order valence-electron chi connectivity index (χ1n) is 7.94. The fraction of sp³-hybridized carbons (Fsp3) is 0.667. The molecule has 1 N–H and O–H groups in total. The summed E-state index contributed by atoms with van der Waals surface area (Å²) < 4.78 is 0. The van der Waals surface area contributed by atoms with E-state index < -0.39 is 5.60 Å². The summed E-state index contributed by atoms with van der Waals surface area (Å²) >= 11 is 0. The van der Waals surface area contributed by atoms with E-state index in [0.717, 1.165) is 18.8 Å². The molecule has 1 atom stereocenters. The lowest BCUT2D eigenvalue weighted by atomic mass is 9.70. The van der Waals surface area contributed by atoms with Crippen LogP contribution in [0.25, 0.3) is 0 Å². The van der Waals surface area contributed by atoms with E-state index in [9.17, 15) is 5.11 Å². The zero-order valence-electron chi connectivity index (χ0n) is 12.4. The third-order valence-electron chi connectivity index (χ3n) is 5.15. The van der Waals surface area contributed by atoms with E-state index in [0.29, 0.717) is 5.92 Å². The molecule has 1 aromatic carbocycles. The Hall–Kier alpha value is -0.820. The summed E-state index contributed by atoms with van der Waals surface area (Å²) in [6, 6.07) is 10.5. The highest BCUT2D eigenvalue weighted by molar-refractivity contribution is 5.17. The van der Waals surface area contributed by atoms with Gasteiger partial charge in [0.25, 0.3) is 0 Å². The molecule has 19 heavy (non-hydrogen) atoms. The maximum absolute atomic E-state index is 11.1. The van der Waals surface area contributed by atoms with Crippen LogP contribution in [0.5, 0.6) is 0 Å². The van der Waals surface area contributed by atoms with Crippen LogP contribution in [0.1, 0.15) is 57.9 Å². The quantitative estimate of drug-likeness (QED) is 0.821. The lowest BCUT2D eigenvalue weighted by Gasteiger charge is -2.40. The molecule has 2 rings (SSSR count). The maximum atomic E-state index is 11.1. The van der Waals surface area contributed by atoms with E-state index >= 15 is 0 Å². The molecule has 0 saturated heterocycles. The Morgan fingerprint density at radius 1 is 1.05 bits per heavy atom. The molecule has 0 radical (unpaired) electrons. The molecule has 1 aromatic rings. The van der Waals surface area contributed by atoms with Gasteiger partial charge in [0, 0.05) is 6.42 Å². The number of hydrogen-bond acceptors (Lipinski definition) is 1. The molecule has 0 aromatic heterocycles. The second-order valence-corrected chi connectivity index (χ2v) is 6.25. The van der Waals surface area contributed by atoms with Crippen molar-refractivity contribution in [2.24, 2.45) is 11.8 Å². The Morgan fingerprint density at radius 2 is 1.68 bits per heavy atom. The Labute approximate surface area is 118 Å². The normalized spacial score (nSPS) is 26.9. The van der Waals surface area contributed by atoms with Crippen LogP contribution in [0, 0.1) is 11.8 Å². The van der Waals surface area contributed by atoms with Gasteiger partial charge in [-0.25, -0.2) is 0 Å². The van der Waals surface area contributed by atoms with E-state index in [1.54, 1.807) is 0 Å². The van der Waals surface area contributed by atoms with Gasteiger partial charge < -0.3 is 5.11 Å². The van der Waals surface area contributed by atoms with E-state index in [1.807, 2.05) is 6.07 Å². The van der Waals surface area contributed by atoms with Gasteiger partial charge in [-0.2, -0.15) is 0 Å². The predicted octanol–water partition coefficient (Wildman–Crippen LogP) is 4.59. The van der Waals surface area contributed by atoms with Crippen molar-refractivity contribution in [2.45, 2.75) is 64.4 Å². The highest BCUT2D eigenvalue weighted by Gasteiger charge is 2.37. The van der Waals surface area contributed by atoms with Gasteiger partial charge in [0.1, 0.15) is 0 Å². The lowest BCUT2D eigenvalue weighted by Crippen LogP contribution is -2.41. The molecular weight excluding hydrogens is 232 g/mol. The van der Waals surface area contributed by atoms with Gasteiger partial charge in [0.15, 0.2) is 0 Å². The third kappa shape index (κ3) is 3.60.